The summed E-state index contributed by atoms with van der Waals surface area (Å²) in [6.07, 6.45) is 4.32. The number of hydrogen-bond acceptors (Lipinski definition) is 7. The predicted octanol–water partition coefficient (Wildman–Crippen LogP) is 7.89. The third-order valence-corrected chi connectivity index (χ3v) is 10.3. The Balaban J connectivity index is 1.30. The molecule has 5 rings (SSSR count). The number of esters is 1. The first kappa shape index (κ1) is 34.7. The van der Waals surface area contributed by atoms with E-state index in [1.54, 1.807) is 62.4 Å². The Labute approximate surface area is 289 Å². The first-order chi connectivity index (χ1) is 23.1. The largest absolute Gasteiger partial charge is 0.462 e. The summed E-state index contributed by atoms with van der Waals surface area (Å²) in [5.74, 6) is -1.01. The van der Waals surface area contributed by atoms with Gasteiger partial charge in [0.05, 0.1) is 17.4 Å². The van der Waals surface area contributed by atoms with Crippen molar-refractivity contribution >= 4 is 63.6 Å². The molecular formula is C38H39N3O5S2. The number of thioether (sulfide) groups is 1. The summed E-state index contributed by atoms with van der Waals surface area (Å²) in [7, 11) is 0. The van der Waals surface area contributed by atoms with Crippen LogP contribution >= 0.6 is 23.1 Å². The van der Waals surface area contributed by atoms with Gasteiger partial charge in [-0.2, -0.15) is 0 Å². The summed E-state index contributed by atoms with van der Waals surface area (Å²) in [5.41, 5.74) is 4.25. The Morgan fingerprint density at radius 2 is 1.75 bits per heavy atom. The number of anilines is 2. The monoisotopic (exact) mass is 681 g/mol. The van der Waals surface area contributed by atoms with Gasteiger partial charge in [0, 0.05) is 21.0 Å². The van der Waals surface area contributed by atoms with Gasteiger partial charge >= 0.3 is 5.97 Å². The number of nitrogens with one attached hydrogen (secondary N) is 3. The highest BCUT2D eigenvalue weighted by Crippen LogP contribution is 2.40. The minimum absolute atomic E-state index is 0.0920. The van der Waals surface area contributed by atoms with Crippen molar-refractivity contribution in [2.75, 3.05) is 17.2 Å². The molecule has 248 valence electrons. The smallest absolute Gasteiger partial charge is 0.341 e. The lowest BCUT2D eigenvalue weighted by atomic mass is 9.88. The molecule has 0 radical (unpaired) electrons. The van der Waals surface area contributed by atoms with Crippen LogP contribution in [-0.4, -0.2) is 35.5 Å². The maximum atomic E-state index is 13.6. The van der Waals surface area contributed by atoms with Gasteiger partial charge in [-0.05, 0) is 99.0 Å². The van der Waals surface area contributed by atoms with Crippen molar-refractivity contribution in [1.82, 2.24) is 5.32 Å². The Hall–Kier alpha value is -4.67. The van der Waals surface area contributed by atoms with Crippen molar-refractivity contribution < 1.29 is 23.9 Å². The van der Waals surface area contributed by atoms with Crippen LogP contribution in [0.1, 0.15) is 69.5 Å². The molecule has 1 aliphatic carbocycles. The van der Waals surface area contributed by atoms with Gasteiger partial charge in [-0.25, -0.2) is 4.79 Å². The van der Waals surface area contributed by atoms with Crippen LogP contribution in [0.15, 0.2) is 89.5 Å². The molecule has 3 aromatic carbocycles. The van der Waals surface area contributed by atoms with Crippen LogP contribution in [0.5, 0.6) is 0 Å². The van der Waals surface area contributed by atoms with Gasteiger partial charge in [0.2, 0.25) is 5.91 Å². The Morgan fingerprint density at radius 3 is 2.50 bits per heavy atom. The lowest BCUT2D eigenvalue weighted by Gasteiger charge is -2.18. The number of rotatable bonds is 11. The highest BCUT2D eigenvalue weighted by molar-refractivity contribution is 8.00. The summed E-state index contributed by atoms with van der Waals surface area (Å²) in [6, 6.07) is 23.5. The maximum Gasteiger partial charge on any atom is 0.341 e. The van der Waals surface area contributed by atoms with Crippen molar-refractivity contribution in [3.8, 4) is 0 Å². The predicted molar refractivity (Wildman–Crippen MR) is 194 cm³/mol. The normalized spacial score (nSPS) is 14.8. The van der Waals surface area contributed by atoms with E-state index in [1.807, 2.05) is 43.3 Å². The van der Waals surface area contributed by atoms with Crippen LogP contribution in [0.2, 0.25) is 0 Å². The fraction of sp³-hybridized carbons (Fsp3) is 0.263. The summed E-state index contributed by atoms with van der Waals surface area (Å²) < 4.78 is 5.35. The fourth-order valence-electron chi connectivity index (χ4n) is 5.42. The van der Waals surface area contributed by atoms with Crippen molar-refractivity contribution in [2.24, 2.45) is 5.92 Å². The van der Waals surface area contributed by atoms with E-state index in [0.717, 1.165) is 45.7 Å². The van der Waals surface area contributed by atoms with E-state index in [4.69, 9.17) is 4.74 Å². The van der Waals surface area contributed by atoms with E-state index >= 15 is 0 Å². The van der Waals surface area contributed by atoms with E-state index in [1.165, 1.54) is 23.1 Å². The highest BCUT2D eigenvalue weighted by Gasteiger charge is 2.30. The van der Waals surface area contributed by atoms with E-state index in [-0.39, 0.29) is 18.2 Å². The van der Waals surface area contributed by atoms with Crippen LogP contribution in [0.25, 0.3) is 6.08 Å². The highest BCUT2D eigenvalue weighted by atomic mass is 32.2. The van der Waals surface area contributed by atoms with E-state index in [9.17, 15) is 19.2 Å². The molecular weight excluding hydrogens is 643 g/mol. The molecule has 0 aliphatic heterocycles. The minimum Gasteiger partial charge on any atom is -0.462 e. The molecule has 2 atom stereocenters. The molecule has 0 saturated heterocycles. The molecule has 8 nitrogen and oxygen atoms in total. The van der Waals surface area contributed by atoms with Gasteiger partial charge in [-0.1, -0.05) is 55.5 Å². The van der Waals surface area contributed by atoms with Crippen LogP contribution < -0.4 is 16.0 Å². The Morgan fingerprint density at radius 1 is 1.00 bits per heavy atom. The van der Waals surface area contributed by atoms with Gasteiger partial charge in [-0.15, -0.1) is 23.1 Å². The second kappa shape index (κ2) is 16.0. The molecule has 0 saturated carbocycles. The van der Waals surface area contributed by atoms with Gasteiger partial charge in [0.15, 0.2) is 0 Å². The molecule has 0 fully saturated rings. The van der Waals surface area contributed by atoms with Crippen LogP contribution in [-0.2, 0) is 27.2 Å². The van der Waals surface area contributed by atoms with Crippen molar-refractivity contribution in [3.63, 3.8) is 0 Å². The van der Waals surface area contributed by atoms with Gasteiger partial charge in [0.25, 0.3) is 11.8 Å². The van der Waals surface area contributed by atoms with Crippen LogP contribution in [0.3, 0.4) is 0 Å². The molecule has 1 aromatic heterocycles. The fourth-order valence-corrected chi connectivity index (χ4v) is 7.75. The number of carbonyl (C=O) groups excluding carboxylic acids is 4. The zero-order valence-electron chi connectivity index (χ0n) is 27.4. The van der Waals surface area contributed by atoms with E-state index in [2.05, 4.69) is 22.9 Å². The van der Waals surface area contributed by atoms with Crippen molar-refractivity contribution in [3.05, 3.63) is 117 Å². The standard InChI is InChI=1S/C38H39N3O5S2/c1-5-46-38(45)33-30-19-18-23(2)20-32(30)48-37(33)41-34(42)25(4)47-29-17-11-16-28(22-29)39-36(44)31(21-27-15-10-9-12-24(27)3)40-35(43)26-13-7-6-8-14-26/h6-17,21-23,25H,5,18-20H2,1-4H3,(H,39,44)(H,40,43)(H,41,42)/b31-21-. The maximum absolute atomic E-state index is 13.6. The molecule has 1 aliphatic rings. The lowest BCUT2D eigenvalue weighted by molar-refractivity contribution is -0.115. The first-order valence-corrected chi connectivity index (χ1v) is 17.7. The SMILES string of the molecule is CCOC(=O)c1c(NC(=O)C(C)Sc2cccc(NC(=O)/C(=C/c3ccccc3C)NC(=O)c3ccccc3)c2)sc2c1CCC(C)C2. The van der Waals surface area contributed by atoms with Gasteiger partial charge < -0.3 is 20.7 Å². The average molecular weight is 682 g/mol. The van der Waals surface area contributed by atoms with Crippen LogP contribution in [0, 0.1) is 12.8 Å². The quantitative estimate of drug-likeness (QED) is 0.0843. The molecule has 3 N–H and O–H groups in total. The Kier molecular flexibility index (Phi) is 11.5. The van der Waals surface area contributed by atoms with Gasteiger partial charge in [0.1, 0.15) is 10.7 Å². The third kappa shape index (κ3) is 8.62. The number of amides is 3. The molecule has 3 amide bonds. The molecule has 0 spiro atoms. The zero-order chi connectivity index (χ0) is 34.2. The number of fused-ring (bicyclic) bond motifs is 1. The minimum atomic E-state index is -0.509. The zero-order valence-corrected chi connectivity index (χ0v) is 29.1. The third-order valence-electron chi connectivity index (χ3n) is 8.02. The summed E-state index contributed by atoms with van der Waals surface area (Å²) in [5, 5.41) is 8.71. The lowest BCUT2D eigenvalue weighted by Crippen LogP contribution is -2.30. The topological polar surface area (TPSA) is 114 Å². The number of hydrogen-bond donors (Lipinski definition) is 3. The number of benzene rings is 3. The average Bonchev–Trinajstić information content (AvgIpc) is 3.42. The molecule has 2 unspecified atom stereocenters. The number of carbonyl (C=O) groups is 4. The number of aryl methyl sites for hydroxylation is 1. The molecule has 0 bridgehead atoms. The molecule has 4 aromatic rings. The van der Waals surface area contributed by atoms with Crippen molar-refractivity contribution in [1.29, 1.82) is 0 Å². The molecule has 48 heavy (non-hydrogen) atoms. The van der Waals surface area contributed by atoms with Gasteiger partial charge in [-0.3, -0.25) is 14.4 Å². The van der Waals surface area contributed by atoms with E-state index < -0.39 is 23.0 Å². The number of ether oxygens (including phenoxy) is 1. The summed E-state index contributed by atoms with van der Waals surface area (Å²) in [6.45, 7) is 7.96. The van der Waals surface area contributed by atoms with Crippen molar-refractivity contribution in [2.45, 2.75) is 57.1 Å². The Bertz CT molecular complexity index is 1850. The summed E-state index contributed by atoms with van der Waals surface area (Å²) >= 11 is 2.80. The summed E-state index contributed by atoms with van der Waals surface area (Å²) in [4.78, 5) is 54.8. The van der Waals surface area contributed by atoms with E-state index in [0.29, 0.717) is 27.7 Å². The van der Waals surface area contributed by atoms with Crippen LogP contribution in [0.4, 0.5) is 10.7 Å². The second-order valence-electron chi connectivity index (χ2n) is 11.7. The number of thiophene rings is 1. The molecule has 10 heteroatoms. The molecule has 1 heterocycles. The first-order valence-electron chi connectivity index (χ1n) is 16.0. The second-order valence-corrected chi connectivity index (χ2v) is 14.3.